The van der Waals surface area contributed by atoms with Crippen LogP contribution in [0.1, 0.15) is 5.56 Å². The van der Waals surface area contributed by atoms with E-state index in [0.29, 0.717) is 27.7 Å². The summed E-state index contributed by atoms with van der Waals surface area (Å²) in [5.41, 5.74) is 1.38. The molecule has 0 atom stereocenters. The van der Waals surface area contributed by atoms with Crippen LogP contribution in [0.5, 0.6) is 11.5 Å². The lowest BCUT2D eigenvalue weighted by Crippen LogP contribution is -2.10. The number of H-pyrrole nitrogens is 1. The minimum absolute atomic E-state index is 0.313. The number of hydrogen-bond donors (Lipinski definition) is 2. The summed E-state index contributed by atoms with van der Waals surface area (Å²) in [6, 6.07) is 14.3. The SMILES string of the molecule is COc1cccc(-c2n[nH]c(=S)n2/N=C/c2ccccc2OCC(=O)O)c1. The largest absolute Gasteiger partial charge is 0.497 e. The van der Waals surface area contributed by atoms with Crippen LogP contribution >= 0.6 is 12.2 Å². The summed E-state index contributed by atoms with van der Waals surface area (Å²) in [7, 11) is 1.59. The standard InChI is InChI=1S/C18H16N4O4S/c1-25-14-7-4-6-12(9-14)17-20-21-18(27)22(17)19-10-13-5-2-3-8-15(13)26-11-16(23)24/h2-10H,11H2,1H3,(H,21,27)(H,23,24)/b19-10+. The number of carboxylic acid groups (broad SMARTS) is 1. The molecule has 0 spiro atoms. The van der Waals surface area contributed by atoms with Crippen LogP contribution in [0.2, 0.25) is 0 Å². The van der Waals surface area contributed by atoms with Gasteiger partial charge in [-0.15, -0.1) is 0 Å². The molecule has 8 nitrogen and oxygen atoms in total. The minimum atomic E-state index is -1.06. The predicted octanol–water partition coefficient (Wildman–Crippen LogP) is 2.96. The number of aromatic nitrogens is 3. The molecule has 3 rings (SSSR count). The predicted molar refractivity (Wildman–Crippen MR) is 102 cm³/mol. The number of para-hydroxylation sites is 1. The van der Waals surface area contributed by atoms with E-state index in [0.717, 1.165) is 5.56 Å². The first kappa shape index (κ1) is 18.3. The Kier molecular flexibility index (Phi) is 5.62. The molecular weight excluding hydrogens is 368 g/mol. The number of aliphatic carboxylic acids is 1. The lowest BCUT2D eigenvalue weighted by atomic mass is 10.2. The second-order valence-electron chi connectivity index (χ2n) is 5.36. The van der Waals surface area contributed by atoms with Crippen LogP contribution in [0, 0.1) is 4.77 Å². The van der Waals surface area contributed by atoms with Crippen LogP contribution in [0.4, 0.5) is 0 Å². The average molecular weight is 384 g/mol. The molecule has 0 saturated carbocycles. The van der Waals surface area contributed by atoms with Crippen LogP contribution in [-0.2, 0) is 4.79 Å². The van der Waals surface area contributed by atoms with Crippen molar-refractivity contribution >= 4 is 24.4 Å². The molecule has 0 unspecified atom stereocenters. The van der Waals surface area contributed by atoms with E-state index in [1.807, 2.05) is 24.3 Å². The fraction of sp³-hybridized carbons (Fsp3) is 0.111. The zero-order chi connectivity index (χ0) is 19.2. The van der Waals surface area contributed by atoms with Gasteiger partial charge in [0.15, 0.2) is 12.4 Å². The fourth-order valence-electron chi connectivity index (χ4n) is 2.33. The first-order chi connectivity index (χ1) is 13.1. The molecule has 27 heavy (non-hydrogen) atoms. The lowest BCUT2D eigenvalue weighted by molar-refractivity contribution is -0.139. The quantitative estimate of drug-likeness (QED) is 0.480. The summed E-state index contributed by atoms with van der Waals surface area (Å²) in [5, 5.41) is 20.1. The fourth-order valence-corrected chi connectivity index (χ4v) is 2.51. The van der Waals surface area contributed by atoms with Crippen LogP contribution < -0.4 is 9.47 Å². The van der Waals surface area contributed by atoms with E-state index >= 15 is 0 Å². The molecule has 2 aromatic carbocycles. The highest BCUT2D eigenvalue weighted by Gasteiger charge is 2.10. The molecule has 1 heterocycles. The first-order valence-electron chi connectivity index (χ1n) is 7.88. The van der Waals surface area contributed by atoms with Gasteiger partial charge in [-0.05, 0) is 36.5 Å². The maximum absolute atomic E-state index is 10.7. The number of benzene rings is 2. The molecule has 9 heteroatoms. The number of hydrogen-bond acceptors (Lipinski definition) is 6. The summed E-state index contributed by atoms with van der Waals surface area (Å²) >= 11 is 5.26. The van der Waals surface area contributed by atoms with E-state index < -0.39 is 12.6 Å². The highest BCUT2D eigenvalue weighted by atomic mass is 32.1. The summed E-state index contributed by atoms with van der Waals surface area (Å²) in [4.78, 5) is 10.7. The van der Waals surface area contributed by atoms with Crippen LogP contribution in [0.25, 0.3) is 11.4 Å². The minimum Gasteiger partial charge on any atom is -0.497 e. The number of aromatic amines is 1. The molecule has 0 amide bonds. The second kappa shape index (κ2) is 8.28. The molecule has 0 aliphatic rings. The molecule has 0 bridgehead atoms. The van der Waals surface area contributed by atoms with Crippen molar-refractivity contribution in [2.24, 2.45) is 5.10 Å². The second-order valence-corrected chi connectivity index (χ2v) is 5.75. The Morgan fingerprint density at radius 3 is 2.93 bits per heavy atom. The highest BCUT2D eigenvalue weighted by Crippen LogP contribution is 2.22. The molecule has 0 fully saturated rings. The topological polar surface area (TPSA) is 102 Å². The molecule has 138 valence electrons. The Balaban J connectivity index is 1.94. The van der Waals surface area contributed by atoms with Gasteiger partial charge in [-0.25, -0.2) is 9.89 Å². The van der Waals surface area contributed by atoms with Crippen LogP contribution in [0.15, 0.2) is 53.6 Å². The third kappa shape index (κ3) is 4.39. The van der Waals surface area contributed by atoms with Crippen molar-refractivity contribution in [3.05, 3.63) is 58.9 Å². The summed E-state index contributed by atoms with van der Waals surface area (Å²) in [5.74, 6) is 0.546. The van der Waals surface area contributed by atoms with Crippen molar-refractivity contribution in [3.8, 4) is 22.9 Å². The number of nitrogens with one attached hydrogen (secondary N) is 1. The Morgan fingerprint density at radius 1 is 1.33 bits per heavy atom. The van der Waals surface area contributed by atoms with Gasteiger partial charge in [-0.3, -0.25) is 0 Å². The highest BCUT2D eigenvalue weighted by molar-refractivity contribution is 7.71. The molecule has 0 aliphatic carbocycles. The van der Waals surface area contributed by atoms with Crippen LogP contribution in [-0.4, -0.2) is 45.9 Å². The smallest absolute Gasteiger partial charge is 0.341 e. The summed E-state index contributed by atoms with van der Waals surface area (Å²) < 4.78 is 12.3. The van der Waals surface area contributed by atoms with Crippen molar-refractivity contribution in [3.63, 3.8) is 0 Å². The summed E-state index contributed by atoms with van der Waals surface area (Å²) in [6.07, 6.45) is 1.53. The van der Waals surface area contributed by atoms with Gasteiger partial charge < -0.3 is 14.6 Å². The number of rotatable bonds is 7. The maximum atomic E-state index is 10.7. The Bertz CT molecular complexity index is 1040. The Labute approximate surface area is 159 Å². The summed E-state index contributed by atoms with van der Waals surface area (Å²) in [6.45, 7) is -0.439. The molecule has 0 radical (unpaired) electrons. The van der Waals surface area contributed by atoms with Gasteiger partial charge in [0.1, 0.15) is 11.5 Å². The average Bonchev–Trinajstić information content (AvgIpc) is 3.05. The van der Waals surface area contributed by atoms with Crippen molar-refractivity contribution < 1.29 is 19.4 Å². The van der Waals surface area contributed by atoms with E-state index in [1.54, 1.807) is 31.4 Å². The normalized spacial score (nSPS) is 10.9. The lowest BCUT2D eigenvalue weighted by Gasteiger charge is -2.07. The molecule has 3 aromatic rings. The van der Waals surface area contributed by atoms with Crippen LogP contribution in [0.3, 0.4) is 0 Å². The number of nitrogens with zero attached hydrogens (tertiary/aromatic N) is 3. The Morgan fingerprint density at radius 2 is 2.15 bits per heavy atom. The van der Waals surface area contributed by atoms with Crippen molar-refractivity contribution in [1.82, 2.24) is 14.9 Å². The number of carboxylic acids is 1. The molecule has 0 aliphatic heterocycles. The van der Waals surface area contributed by atoms with Gasteiger partial charge in [0, 0.05) is 11.1 Å². The first-order valence-corrected chi connectivity index (χ1v) is 8.29. The van der Waals surface area contributed by atoms with E-state index in [9.17, 15) is 4.79 Å². The number of ether oxygens (including phenoxy) is 2. The van der Waals surface area contributed by atoms with Crippen molar-refractivity contribution in [1.29, 1.82) is 0 Å². The van der Waals surface area contributed by atoms with Crippen molar-refractivity contribution in [2.75, 3.05) is 13.7 Å². The number of methoxy groups -OCH3 is 1. The van der Waals surface area contributed by atoms with E-state index in [2.05, 4.69) is 15.3 Å². The van der Waals surface area contributed by atoms with E-state index in [1.165, 1.54) is 10.9 Å². The van der Waals surface area contributed by atoms with Gasteiger partial charge in [0.05, 0.1) is 13.3 Å². The third-order valence-corrected chi connectivity index (χ3v) is 3.83. The molecule has 0 saturated heterocycles. The zero-order valence-electron chi connectivity index (χ0n) is 14.3. The van der Waals surface area contributed by atoms with Crippen molar-refractivity contribution in [2.45, 2.75) is 0 Å². The molecular formula is C18H16N4O4S. The monoisotopic (exact) mass is 384 g/mol. The number of carbonyl (C=O) groups is 1. The van der Waals surface area contributed by atoms with E-state index in [-0.39, 0.29) is 0 Å². The zero-order valence-corrected chi connectivity index (χ0v) is 15.1. The molecule has 1 aromatic heterocycles. The maximum Gasteiger partial charge on any atom is 0.341 e. The third-order valence-electron chi connectivity index (χ3n) is 3.56. The van der Waals surface area contributed by atoms with E-state index in [4.69, 9.17) is 26.8 Å². The Hall–Kier alpha value is -3.46. The van der Waals surface area contributed by atoms with Gasteiger partial charge in [0.2, 0.25) is 4.77 Å². The van der Waals surface area contributed by atoms with Gasteiger partial charge >= 0.3 is 5.97 Å². The van der Waals surface area contributed by atoms with Gasteiger partial charge in [-0.2, -0.15) is 14.9 Å². The van der Waals surface area contributed by atoms with Gasteiger partial charge in [0.25, 0.3) is 0 Å². The molecule has 2 N–H and O–H groups in total. The van der Waals surface area contributed by atoms with Gasteiger partial charge in [-0.1, -0.05) is 24.3 Å².